The maximum atomic E-state index is 10.7. The van der Waals surface area contributed by atoms with Crippen molar-refractivity contribution in [2.75, 3.05) is 14.1 Å². The van der Waals surface area contributed by atoms with Crippen molar-refractivity contribution in [3.63, 3.8) is 0 Å². The monoisotopic (exact) mass is 205 g/mol. The Balaban J connectivity index is 2.85. The van der Waals surface area contributed by atoms with Crippen LogP contribution in [0.25, 0.3) is 0 Å². The molecule has 0 bridgehead atoms. The van der Waals surface area contributed by atoms with Gasteiger partial charge in [-0.25, -0.2) is 0 Å². The molecule has 0 heterocycles. The van der Waals surface area contributed by atoms with Gasteiger partial charge >= 0.3 is 0 Å². The van der Waals surface area contributed by atoms with Crippen molar-refractivity contribution < 1.29 is 9.53 Å². The molecule has 3 nitrogen and oxygen atoms in total. The number of nitrogens with zero attached hydrogens (tertiary/aromatic N) is 1. The fourth-order valence-electron chi connectivity index (χ4n) is 1.13. The van der Waals surface area contributed by atoms with Gasteiger partial charge in [-0.2, -0.15) is 0 Å². The van der Waals surface area contributed by atoms with Crippen molar-refractivity contribution in [3.8, 4) is 5.75 Å². The van der Waals surface area contributed by atoms with Crippen LogP contribution in [-0.2, 0) is 4.79 Å². The Bertz CT molecular complexity index is 370. The summed E-state index contributed by atoms with van der Waals surface area (Å²) in [6.07, 6.45) is 2.34. The maximum absolute atomic E-state index is 10.7. The van der Waals surface area contributed by atoms with Crippen molar-refractivity contribution in [1.29, 1.82) is 0 Å². The Kier molecular flexibility index (Phi) is 3.92. The number of benzene rings is 1. The van der Waals surface area contributed by atoms with E-state index in [0.29, 0.717) is 17.8 Å². The molecule has 1 rings (SSSR count). The molecule has 0 aliphatic heterocycles. The van der Waals surface area contributed by atoms with Crippen LogP contribution in [-0.4, -0.2) is 25.3 Å². The number of hydrogen-bond donors (Lipinski definition) is 0. The fraction of sp³-hybridized carbons (Fsp3) is 0.250. The number of para-hydroxylation sites is 1. The number of aldehydes is 1. The quantitative estimate of drug-likeness (QED) is 0.427. The van der Waals surface area contributed by atoms with Gasteiger partial charge in [-0.1, -0.05) is 18.2 Å². The molecule has 0 aromatic heterocycles. The first kappa shape index (κ1) is 11.3. The lowest BCUT2D eigenvalue weighted by Crippen LogP contribution is -2.07. The molecular weight excluding hydrogens is 190 g/mol. The SMILES string of the molecule is Cc1ccccc1O/C(C=O)=C/N(C)C. The molecular formula is C12H15NO2. The second-order valence-electron chi connectivity index (χ2n) is 3.48. The van der Waals surface area contributed by atoms with Crippen LogP contribution >= 0.6 is 0 Å². The topological polar surface area (TPSA) is 29.5 Å². The minimum absolute atomic E-state index is 0.300. The summed E-state index contributed by atoms with van der Waals surface area (Å²) in [5, 5.41) is 0. The predicted molar refractivity (Wildman–Crippen MR) is 59.6 cm³/mol. The van der Waals surface area contributed by atoms with E-state index >= 15 is 0 Å². The number of ether oxygens (including phenoxy) is 1. The Labute approximate surface area is 90.0 Å². The molecule has 3 heteroatoms. The summed E-state index contributed by atoms with van der Waals surface area (Å²) in [5.41, 5.74) is 1.00. The smallest absolute Gasteiger partial charge is 0.186 e. The molecule has 0 fully saturated rings. The van der Waals surface area contributed by atoms with Crippen LogP contribution in [0.3, 0.4) is 0 Å². The van der Waals surface area contributed by atoms with E-state index < -0.39 is 0 Å². The van der Waals surface area contributed by atoms with Crippen molar-refractivity contribution in [3.05, 3.63) is 41.8 Å². The van der Waals surface area contributed by atoms with Crippen molar-refractivity contribution in [2.45, 2.75) is 6.92 Å². The van der Waals surface area contributed by atoms with Crippen LogP contribution in [0.5, 0.6) is 5.75 Å². The maximum Gasteiger partial charge on any atom is 0.186 e. The molecule has 0 saturated carbocycles. The summed E-state index contributed by atoms with van der Waals surface area (Å²) in [6, 6.07) is 7.58. The summed E-state index contributed by atoms with van der Waals surface area (Å²) in [6.45, 7) is 1.94. The highest BCUT2D eigenvalue weighted by atomic mass is 16.5. The predicted octanol–water partition coefficient (Wildman–Crippen LogP) is 1.98. The average molecular weight is 205 g/mol. The second kappa shape index (κ2) is 5.20. The molecule has 0 atom stereocenters. The zero-order chi connectivity index (χ0) is 11.3. The summed E-state index contributed by atoms with van der Waals surface area (Å²) in [5.74, 6) is 1.01. The fourth-order valence-corrected chi connectivity index (χ4v) is 1.13. The van der Waals surface area contributed by atoms with Gasteiger partial charge < -0.3 is 9.64 Å². The second-order valence-corrected chi connectivity index (χ2v) is 3.48. The molecule has 15 heavy (non-hydrogen) atoms. The van der Waals surface area contributed by atoms with Gasteiger partial charge in [0.05, 0.1) is 0 Å². The first-order valence-corrected chi connectivity index (χ1v) is 4.70. The highest BCUT2D eigenvalue weighted by Crippen LogP contribution is 2.18. The molecule has 0 aliphatic rings. The Morgan fingerprint density at radius 1 is 1.33 bits per heavy atom. The van der Waals surface area contributed by atoms with E-state index in [0.717, 1.165) is 5.56 Å². The number of carbonyl (C=O) groups is 1. The highest BCUT2D eigenvalue weighted by Gasteiger charge is 2.02. The van der Waals surface area contributed by atoms with E-state index in [-0.39, 0.29) is 0 Å². The lowest BCUT2D eigenvalue weighted by molar-refractivity contribution is -0.106. The van der Waals surface area contributed by atoms with Crippen molar-refractivity contribution in [1.82, 2.24) is 4.90 Å². The van der Waals surface area contributed by atoms with Crippen LogP contribution in [0.1, 0.15) is 5.56 Å². The number of rotatable bonds is 4. The first-order valence-electron chi connectivity index (χ1n) is 4.70. The van der Waals surface area contributed by atoms with Gasteiger partial charge in [0.15, 0.2) is 12.0 Å². The van der Waals surface area contributed by atoms with E-state index in [4.69, 9.17) is 4.74 Å². The molecule has 0 radical (unpaired) electrons. The minimum atomic E-state index is 0.300. The van der Waals surface area contributed by atoms with E-state index in [9.17, 15) is 4.79 Å². The van der Waals surface area contributed by atoms with Crippen LogP contribution in [0, 0.1) is 6.92 Å². The molecule has 0 saturated heterocycles. The summed E-state index contributed by atoms with van der Waals surface area (Å²) >= 11 is 0. The first-order chi connectivity index (χ1) is 7.13. The largest absolute Gasteiger partial charge is 0.452 e. The van der Waals surface area contributed by atoms with Gasteiger partial charge in [0.2, 0.25) is 0 Å². The van der Waals surface area contributed by atoms with Crippen LogP contribution < -0.4 is 4.74 Å². The average Bonchev–Trinajstić information content (AvgIpc) is 2.19. The van der Waals surface area contributed by atoms with E-state index in [1.807, 2.05) is 45.3 Å². The lowest BCUT2D eigenvalue weighted by atomic mass is 10.2. The summed E-state index contributed by atoms with van der Waals surface area (Å²) < 4.78 is 5.46. The number of carbonyl (C=O) groups excluding carboxylic acids is 1. The number of aryl methyl sites for hydroxylation is 1. The third-order valence-electron chi connectivity index (χ3n) is 1.82. The number of hydrogen-bond acceptors (Lipinski definition) is 3. The van der Waals surface area contributed by atoms with Crippen LogP contribution in [0.15, 0.2) is 36.2 Å². The lowest BCUT2D eigenvalue weighted by Gasteiger charge is -2.10. The molecule has 0 N–H and O–H groups in total. The van der Waals surface area contributed by atoms with Gasteiger partial charge in [0.1, 0.15) is 5.75 Å². The van der Waals surface area contributed by atoms with Gasteiger partial charge in [-0.15, -0.1) is 0 Å². The van der Waals surface area contributed by atoms with E-state index in [2.05, 4.69) is 0 Å². The minimum Gasteiger partial charge on any atom is -0.452 e. The molecule has 0 unspecified atom stereocenters. The standard InChI is InChI=1S/C12H15NO2/c1-10-6-4-5-7-12(10)15-11(9-14)8-13(2)3/h4-9H,1-3H3/b11-8+. The molecule has 1 aromatic carbocycles. The van der Waals surface area contributed by atoms with Crippen molar-refractivity contribution >= 4 is 6.29 Å². The molecule has 80 valence electrons. The van der Waals surface area contributed by atoms with Crippen LogP contribution in [0.2, 0.25) is 0 Å². The van der Waals surface area contributed by atoms with Crippen molar-refractivity contribution in [2.24, 2.45) is 0 Å². The van der Waals surface area contributed by atoms with E-state index in [1.54, 1.807) is 11.1 Å². The molecule has 1 aromatic rings. The third kappa shape index (κ3) is 3.46. The third-order valence-corrected chi connectivity index (χ3v) is 1.82. The van der Waals surface area contributed by atoms with Crippen LogP contribution in [0.4, 0.5) is 0 Å². The normalized spacial score (nSPS) is 11.0. The highest BCUT2D eigenvalue weighted by molar-refractivity contribution is 5.71. The Morgan fingerprint density at radius 2 is 2.00 bits per heavy atom. The summed E-state index contributed by atoms with van der Waals surface area (Å²) in [4.78, 5) is 12.5. The number of allylic oxidation sites excluding steroid dienone is 1. The zero-order valence-electron chi connectivity index (χ0n) is 9.23. The molecule has 0 spiro atoms. The zero-order valence-corrected chi connectivity index (χ0v) is 9.23. The Morgan fingerprint density at radius 3 is 2.53 bits per heavy atom. The Hall–Kier alpha value is -1.77. The summed E-state index contributed by atoms with van der Waals surface area (Å²) in [7, 11) is 3.68. The van der Waals surface area contributed by atoms with Gasteiger partial charge in [0.25, 0.3) is 0 Å². The van der Waals surface area contributed by atoms with Gasteiger partial charge in [0, 0.05) is 20.3 Å². The van der Waals surface area contributed by atoms with E-state index in [1.165, 1.54) is 0 Å². The van der Waals surface area contributed by atoms with Gasteiger partial charge in [-0.05, 0) is 18.6 Å². The van der Waals surface area contributed by atoms with Gasteiger partial charge in [-0.3, -0.25) is 4.79 Å². The molecule has 0 aliphatic carbocycles. The molecule has 0 amide bonds.